The van der Waals surface area contributed by atoms with E-state index in [-0.39, 0.29) is 0 Å². The van der Waals surface area contributed by atoms with Crippen LogP contribution in [0, 0.1) is 11.7 Å². The molecular formula is C7H7N3S. The molecule has 0 unspecified atom stereocenters. The molecule has 0 saturated heterocycles. The molecular weight excluding hydrogens is 158 g/mol. The van der Waals surface area contributed by atoms with Gasteiger partial charge in [0.15, 0.2) is 5.65 Å². The van der Waals surface area contributed by atoms with E-state index in [4.69, 9.17) is 12.2 Å². The predicted octanol–water partition coefficient (Wildman–Crippen LogP) is 1.70. The lowest BCUT2D eigenvalue weighted by molar-refractivity contribution is 0.949. The maximum atomic E-state index is 4.87. The van der Waals surface area contributed by atoms with E-state index in [0.717, 1.165) is 5.65 Å². The zero-order valence-electron chi connectivity index (χ0n) is 6.03. The van der Waals surface area contributed by atoms with Gasteiger partial charge in [-0.2, -0.15) is 4.98 Å². The lowest BCUT2D eigenvalue weighted by atomic mass is 10.3. The van der Waals surface area contributed by atoms with E-state index in [1.165, 1.54) is 5.56 Å². The van der Waals surface area contributed by atoms with Crippen molar-refractivity contribution in [1.29, 1.82) is 0 Å². The van der Waals surface area contributed by atoms with E-state index in [2.05, 4.69) is 10.1 Å². The molecule has 2 aromatic rings. The van der Waals surface area contributed by atoms with Gasteiger partial charge in [-0.15, -0.1) is 0 Å². The highest BCUT2D eigenvalue weighted by Gasteiger charge is 1.93. The molecule has 2 aromatic heterocycles. The molecule has 0 fully saturated rings. The average Bonchev–Trinajstić information content (AvgIpc) is 2.27. The Morgan fingerprint density at radius 2 is 2.45 bits per heavy atom. The second-order valence-corrected chi connectivity index (χ2v) is 2.85. The van der Waals surface area contributed by atoms with Crippen molar-refractivity contribution in [2.45, 2.75) is 6.92 Å². The summed E-state index contributed by atoms with van der Waals surface area (Å²) in [5.74, 6) is 0. The molecule has 0 aliphatic carbocycles. The highest BCUT2D eigenvalue weighted by atomic mass is 32.1. The van der Waals surface area contributed by atoms with Crippen molar-refractivity contribution in [1.82, 2.24) is 14.6 Å². The smallest absolute Gasteiger partial charge is 0.214 e. The Morgan fingerprint density at radius 1 is 1.64 bits per heavy atom. The van der Waals surface area contributed by atoms with Crippen molar-refractivity contribution >= 4 is 17.9 Å². The van der Waals surface area contributed by atoms with Crippen LogP contribution in [-0.4, -0.2) is 14.6 Å². The summed E-state index contributed by atoms with van der Waals surface area (Å²) in [7, 11) is 0. The molecule has 0 amide bonds. The van der Waals surface area contributed by atoms with Crippen molar-refractivity contribution in [3.05, 3.63) is 28.7 Å². The average molecular weight is 165 g/mol. The Hall–Kier alpha value is -1.16. The number of H-pyrrole nitrogens is 1. The lowest BCUT2D eigenvalue weighted by Gasteiger charge is -1.92. The van der Waals surface area contributed by atoms with E-state index < -0.39 is 0 Å². The summed E-state index contributed by atoms with van der Waals surface area (Å²) in [6.07, 6.45) is 1.91. The van der Waals surface area contributed by atoms with E-state index >= 15 is 0 Å². The van der Waals surface area contributed by atoms with Gasteiger partial charge >= 0.3 is 0 Å². The summed E-state index contributed by atoms with van der Waals surface area (Å²) in [6.45, 7) is 2.03. The third-order valence-electron chi connectivity index (χ3n) is 1.52. The fraction of sp³-hybridized carbons (Fsp3) is 0.143. The molecule has 0 aliphatic heterocycles. The number of aryl methyl sites for hydroxylation is 1. The molecule has 2 heterocycles. The van der Waals surface area contributed by atoms with Gasteiger partial charge in [-0.05, 0) is 36.8 Å². The van der Waals surface area contributed by atoms with Crippen molar-refractivity contribution in [2.75, 3.05) is 0 Å². The van der Waals surface area contributed by atoms with Gasteiger partial charge in [0.2, 0.25) is 4.77 Å². The number of pyridine rings is 1. The summed E-state index contributed by atoms with van der Waals surface area (Å²) in [5.41, 5.74) is 2.06. The highest BCUT2D eigenvalue weighted by molar-refractivity contribution is 7.71. The predicted molar refractivity (Wildman–Crippen MR) is 45.1 cm³/mol. The molecule has 2 rings (SSSR count). The topological polar surface area (TPSA) is 33.1 Å². The molecule has 0 saturated carbocycles. The number of aromatic nitrogens is 3. The SMILES string of the molecule is Cc1ccn2[nH]c(=S)nc2c1. The van der Waals surface area contributed by atoms with Gasteiger partial charge in [0.05, 0.1) is 0 Å². The van der Waals surface area contributed by atoms with Crippen LogP contribution >= 0.6 is 12.2 Å². The van der Waals surface area contributed by atoms with Gasteiger partial charge in [0.1, 0.15) is 0 Å². The Morgan fingerprint density at radius 3 is 3.27 bits per heavy atom. The van der Waals surface area contributed by atoms with Crippen molar-refractivity contribution in [3.63, 3.8) is 0 Å². The van der Waals surface area contributed by atoms with E-state index in [1.807, 2.05) is 25.3 Å². The summed E-state index contributed by atoms with van der Waals surface area (Å²) < 4.78 is 2.32. The quantitative estimate of drug-likeness (QED) is 0.603. The monoisotopic (exact) mass is 165 g/mol. The van der Waals surface area contributed by atoms with Gasteiger partial charge in [-0.25, -0.2) is 4.52 Å². The molecule has 0 atom stereocenters. The van der Waals surface area contributed by atoms with E-state index in [0.29, 0.717) is 4.77 Å². The van der Waals surface area contributed by atoms with Crippen LogP contribution in [0.25, 0.3) is 5.65 Å². The number of hydrogen-bond acceptors (Lipinski definition) is 2. The first kappa shape index (κ1) is 6.54. The van der Waals surface area contributed by atoms with Gasteiger partial charge < -0.3 is 0 Å². The van der Waals surface area contributed by atoms with Gasteiger partial charge in [-0.1, -0.05) is 0 Å². The minimum Gasteiger partial charge on any atom is -0.267 e. The molecule has 0 spiro atoms. The molecule has 0 aromatic carbocycles. The molecule has 3 nitrogen and oxygen atoms in total. The van der Waals surface area contributed by atoms with Crippen LogP contribution in [0.15, 0.2) is 18.3 Å². The van der Waals surface area contributed by atoms with Crippen molar-refractivity contribution < 1.29 is 0 Å². The summed E-state index contributed by atoms with van der Waals surface area (Å²) in [4.78, 5) is 4.10. The van der Waals surface area contributed by atoms with E-state index in [9.17, 15) is 0 Å². The third-order valence-corrected chi connectivity index (χ3v) is 1.70. The second-order valence-electron chi connectivity index (χ2n) is 2.46. The molecule has 56 valence electrons. The fourth-order valence-corrected chi connectivity index (χ4v) is 1.19. The summed E-state index contributed by atoms with van der Waals surface area (Å²) in [6, 6.07) is 3.98. The number of rotatable bonds is 0. The lowest BCUT2D eigenvalue weighted by Crippen LogP contribution is -1.85. The fourth-order valence-electron chi connectivity index (χ4n) is 1.00. The number of hydrogen-bond donors (Lipinski definition) is 1. The Labute approximate surface area is 68.7 Å². The van der Waals surface area contributed by atoms with Gasteiger partial charge in [0, 0.05) is 6.20 Å². The van der Waals surface area contributed by atoms with Crippen molar-refractivity contribution in [2.24, 2.45) is 0 Å². The van der Waals surface area contributed by atoms with Crippen LogP contribution in [0.2, 0.25) is 0 Å². The molecule has 0 bridgehead atoms. The Bertz CT molecular complexity index is 440. The number of aromatic amines is 1. The van der Waals surface area contributed by atoms with E-state index in [1.54, 1.807) is 4.52 Å². The number of fused-ring (bicyclic) bond motifs is 1. The van der Waals surface area contributed by atoms with Crippen molar-refractivity contribution in [3.8, 4) is 0 Å². The van der Waals surface area contributed by atoms with Crippen LogP contribution in [-0.2, 0) is 0 Å². The van der Waals surface area contributed by atoms with Crippen LogP contribution < -0.4 is 0 Å². The first-order chi connectivity index (χ1) is 5.25. The third kappa shape index (κ3) is 1.05. The zero-order chi connectivity index (χ0) is 7.84. The van der Waals surface area contributed by atoms with Crippen LogP contribution in [0.1, 0.15) is 5.56 Å². The zero-order valence-corrected chi connectivity index (χ0v) is 6.85. The van der Waals surface area contributed by atoms with Crippen LogP contribution in [0.5, 0.6) is 0 Å². The summed E-state index contributed by atoms with van der Waals surface area (Å²) in [5, 5.41) is 2.91. The number of nitrogens with zero attached hydrogens (tertiary/aromatic N) is 2. The summed E-state index contributed by atoms with van der Waals surface area (Å²) >= 11 is 4.87. The molecule has 4 heteroatoms. The second kappa shape index (κ2) is 2.17. The normalized spacial score (nSPS) is 10.6. The molecule has 1 N–H and O–H groups in total. The largest absolute Gasteiger partial charge is 0.267 e. The van der Waals surface area contributed by atoms with Crippen LogP contribution in [0.3, 0.4) is 0 Å². The minimum atomic E-state index is 0.524. The molecule has 0 radical (unpaired) electrons. The minimum absolute atomic E-state index is 0.524. The maximum absolute atomic E-state index is 4.87. The maximum Gasteiger partial charge on any atom is 0.214 e. The van der Waals surface area contributed by atoms with Gasteiger partial charge in [0.25, 0.3) is 0 Å². The number of nitrogens with one attached hydrogen (secondary N) is 1. The van der Waals surface area contributed by atoms with Crippen LogP contribution in [0.4, 0.5) is 0 Å². The Kier molecular flexibility index (Phi) is 1.29. The Balaban J connectivity index is 2.92. The first-order valence-electron chi connectivity index (χ1n) is 3.31. The first-order valence-corrected chi connectivity index (χ1v) is 3.71. The standard InChI is InChI=1S/C7H7N3S/c1-5-2-3-10-6(4-5)8-7(11)9-10/h2-4H,1H3,(H,9,11). The highest BCUT2D eigenvalue weighted by Crippen LogP contribution is 2.01. The van der Waals surface area contributed by atoms with Gasteiger partial charge in [-0.3, -0.25) is 5.10 Å². The molecule has 0 aliphatic rings. The molecule has 11 heavy (non-hydrogen) atoms.